The van der Waals surface area contributed by atoms with Gasteiger partial charge in [0.15, 0.2) is 0 Å². The van der Waals surface area contributed by atoms with E-state index in [2.05, 4.69) is 17.3 Å². The second-order valence-corrected chi connectivity index (χ2v) is 2.73. The van der Waals surface area contributed by atoms with E-state index in [1.807, 2.05) is 24.3 Å². The van der Waals surface area contributed by atoms with Gasteiger partial charge < -0.3 is 5.21 Å². The van der Waals surface area contributed by atoms with Crippen molar-refractivity contribution in [2.45, 2.75) is 0 Å². The van der Waals surface area contributed by atoms with Gasteiger partial charge in [0.2, 0.25) is 0 Å². The molecule has 56 valence electrons. The van der Waals surface area contributed by atoms with Gasteiger partial charge in [-0.15, -0.1) is 0 Å². The van der Waals surface area contributed by atoms with Crippen molar-refractivity contribution < 1.29 is 5.21 Å². The molecule has 2 heteroatoms. The summed E-state index contributed by atoms with van der Waals surface area (Å²) in [6.45, 7) is 0. The minimum absolute atomic E-state index is 0.208. The predicted molar refractivity (Wildman–Crippen MR) is 43.6 cm³/mol. The van der Waals surface area contributed by atoms with Gasteiger partial charge in [-0.05, 0) is 0 Å². The van der Waals surface area contributed by atoms with Gasteiger partial charge in [-0.25, -0.2) is 0 Å². The third kappa shape index (κ3) is 0.909. The number of nitrogens with zero attached hydrogens (tertiary/aromatic N) is 1. The lowest BCUT2D eigenvalue weighted by atomic mass is 10.0. The first-order valence-electron chi connectivity index (χ1n) is 3.67. The van der Waals surface area contributed by atoms with E-state index in [1.165, 1.54) is 0 Å². The van der Waals surface area contributed by atoms with Crippen molar-refractivity contribution in [2.75, 3.05) is 0 Å². The summed E-state index contributed by atoms with van der Waals surface area (Å²) in [6, 6.07) is 0. The smallest absolute Gasteiger partial charge is 0.0783 e. The minimum Gasteiger partial charge on any atom is -0.411 e. The third-order valence-electron chi connectivity index (χ3n) is 2.07. The average Bonchev–Trinajstić information content (AvgIpc) is 2.23. The normalized spacial score (nSPS) is 32.5. The van der Waals surface area contributed by atoms with E-state index in [9.17, 15) is 0 Å². The first-order chi connectivity index (χ1) is 5.42. The fraction of sp³-hybridized carbons (Fsp3) is 0.222. The van der Waals surface area contributed by atoms with Crippen molar-refractivity contribution in [3.63, 3.8) is 0 Å². The van der Waals surface area contributed by atoms with E-state index in [-0.39, 0.29) is 11.8 Å². The standard InChI is InChI=1S/C9H9NO/c11-10-9-7-3-1-2-4-8(9)6-5-7/h1-8,11H. The predicted octanol–water partition coefficient (Wildman–Crippen LogP) is 1.74. The molecule has 11 heavy (non-hydrogen) atoms. The zero-order valence-corrected chi connectivity index (χ0v) is 6.01. The first-order valence-corrected chi connectivity index (χ1v) is 3.67. The molecule has 0 heterocycles. The summed E-state index contributed by atoms with van der Waals surface area (Å²) in [6.07, 6.45) is 12.1. The van der Waals surface area contributed by atoms with Gasteiger partial charge in [0.05, 0.1) is 5.71 Å². The Labute approximate surface area is 65.2 Å². The monoisotopic (exact) mass is 147 g/mol. The maximum atomic E-state index is 8.68. The Morgan fingerprint density at radius 3 is 2.00 bits per heavy atom. The minimum atomic E-state index is 0.208. The molecule has 0 radical (unpaired) electrons. The van der Waals surface area contributed by atoms with E-state index in [0.29, 0.717) is 0 Å². The van der Waals surface area contributed by atoms with Crippen molar-refractivity contribution in [3.05, 3.63) is 36.5 Å². The third-order valence-corrected chi connectivity index (χ3v) is 2.07. The van der Waals surface area contributed by atoms with Gasteiger partial charge in [0.25, 0.3) is 0 Å². The molecule has 0 aromatic carbocycles. The van der Waals surface area contributed by atoms with Crippen LogP contribution in [0.2, 0.25) is 0 Å². The van der Waals surface area contributed by atoms with Gasteiger partial charge in [-0.1, -0.05) is 41.6 Å². The molecule has 2 nitrogen and oxygen atoms in total. The van der Waals surface area contributed by atoms with Crippen LogP contribution < -0.4 is 0 Å². The molecular weight excluding hydrogens is 138 g/mol. The molecule has 0 aromatic heterocycles. The van der Waals surface area contributed by atoms with Gasteiger partial charge in [0.1, 0.15) is 0 Å². The molecule has 2 aliphatic rings. The molecule has 2 aliphatic carbocycles. The Balaban J connectivity index is 2.43. The van der Waals surface area contributed by atoms with Crippen LogP contribution in [0.4, 0.5) is 0 Å². The summed E-state index contributed by atoms with van der Waals surface area (Å²) >= 11 is 0. The van der Waals surface area contributed by atoms with Gasteiger partial charge >= 0.3 is 0 Å². The lowest BCUT2D eigenvalue weighted by Crippen LogP contribution is -2.11. The molecule has 1 N–H and O–H groups in total. The molecule has 0 amide bonds. The summed E-state index contributed by atoms with van der Waals surface area (Å²) in [5.74, 6) is 0.417. The number of rotatable bonds is 0. The molecule has 0 fully saturated rings. The number of allylic oxidation sites excluding steroid dienone is 6. The van der Waals surface area contributed by atoms with E-state index in [4.69, 9.17) is 5.21 Å². The van der Waals surface area contributed by atoms with Gasteiger partial charge in [0, 0.05) is 11.8 Å². The fourth-order valence-corrected chi connectivity index (χ4v) is 1.49. The van der Waals surface area contributed by atoms with E-state index in [0.717, 1.165) is 5.71 Å². The highest BCUT2D eigenvalue weighted by atomic mass is 16.4. The lowest BCUT2D eigenvalue weighted by molar-refractivity contribution is 0.315. The highest BCUT2D eigenvalue weighted by Crippen LogP contribution is 2.25. The quantitative estimate of drug-likeness (QED) is 0.316. The van der Waals surface area contributed by atoms with E-state index < -0.39 is 0 Å². The van der Waals surface area contributed by atoms with Crippen molar-refractivity contribution in [2.24, 2.45) is 17.0 Å². The lowest BCUT2D eigenvalue weighted by Gasteiger charge is -2.04. The number of hydrogen-bond donors (Lipinski definition) is 1. The topological polar surface area (TPSA) is 32.6 Å². The highest BCUT2D eigenvalue weighted by molar-refractivity contribution is 5.97. The summed E-state index contributed by atoms with van der Waals surface area (Å²) in [5.41, 5.74) is 0.829. The van der Waals surface area contributed by atoms with Crippen LogP contribution in [-0.4, -0.2) is 10.9 Å². The Morgan fingerprint density at radius 2 is 1.55 bits per heavy atom. The van der Waals surface area contributed by atoms with Crippen molar-refractivity contribution in [1.82, 2.24) is 0 Å². The van der Waals surface area contributed by atoms with Crippen molar-refractivity contribution in [1.29, 1.82) is 0 Å². The van der Waals surface area contributed by atoms with E-state index in [1.54, 1.807) is 0 Å². The number of oxime groups is 1. The van der Waals surface area contributed by atoms with Gasteiger partial charge in [-0.2, -0.15) is 0 Å². The molecule has 2 rings (SSSR count). The molecule has 0 saturated carbocycles. The van der Waals surface area contributed by atoms with Gasteiger partial charge in [-0.3, -0.25) is 0 Å². The van der Waals surface area contributed by atoms with Crippen molar-refractivity contribution >= 4 is 5.71 Å². The second kappa shape index (κ2) is 2.38. The summed E-state index contributed by atoms with van der Waals surface area (Å²) < 4.78 is 0. The Bertz CT molecular complexity index is 249. The second-order valence-electron chi connectivity index (χ2n) is 2.73. The van der Waals surface area contributed by atoms with Crippen LogP contribution in [0, 0.1) is 11.8 Å². The molecule has 2 atom stereocenters. The summed E-state index contributed by atoms with van der Waals surface area (Å²) in [4.78, 5) is 0. The molecular formula is C9H9NO. The van der Waals surface area contributed by atoms with Crippen LogP contribution in [-0.2, 0) is 0 Å². The molecule has 0 aromatic rings. The average molecular weight is 147 g/mol. The summed E-state index contributed by atoms with van der Waals surface area (Å²) in [5, 5.41) is 12.0. The zero-order chi connectivity index (χ0) is 7.68. The van der Waals surface area contributed by atoms with Crippen LogP contribution in [0.3, 0.4) is 0 Å². The fourth-order valence-electron chi connectivity index (χ4n) is 1.49. The van der Waals surface area contributed by atoms with Crippen LogP contribution in [0.5, 0.6) is 0 Å². The Kier molecular flexibility index (Phi) is 1.39. The first kappa shape index (κ1) is 6.40. The molecule has 2 bridgehead atoms. The van der Waals surface area contributed by atoms with Crippen molar-refractivity contribution in [3.8, 4) is 0 Å². The molecule has 2 unspecified atom stereocenters. The van der Waals surface area contributed by atoms with Crippen LogP contribution in [0.25, 0.3) is 0 Å². The van der Waals surface area contributed by atoms with E-state index >= 15 is 0 Å². The molecule has 0 aliphatic heterocycles. The highest BCUT2D eigenvalue weighted by Gasteiger charge is 2.24. The zero-order valence-electron chi connectivity index (χ0n) is 6.01. The maximum Gasteiger partial charge on any atom is 0.0783 e. The maximum absolute atomic E-state index is 8.68. The van der Waals surface area contributed by atoms with Crippen LogP contribution >= 0.6 is 0 Å². The van der Waals surface area contributed by atoms with Crippen LogP contribution in [0.15, 0.2) is 41.6 Å². The Morgan fingerprint density at radius 1 is 1.00 bits per heavy atom. The van der Waals surface area contributed by atoms with Crippen LogP contribution in [0.1, 0.15) is 0 Å². The Hall–Kier alpha value is -1.31. The molecule has 0 saturated heterocycles. The number of hydrogen-bond acceptors (Lipinski definition) is 2. The summed E-state index contributed by atoms with van der Waals surface area (Å²) in [7, 11) is 0. The number of fused-ring (bicyclic) bond motifs is 2. The largest absolute Gasteiger partial charge is 0.411 e. The molecule has 0 spiro atoms. The SMILES string of the molecule is ON=C1C2C=CC=CC1C=C2.